The minimum atomic E-state index is 0.0713. The van der Waals surface area contributed by atoms with Gasteiger partial charge in [-0.3, -0.25) is 4.79 Å². The second kappa shape index (κ2) is 7.78. The molecular weight excluding hydrogens is 274 g/mol. The Balaban J connectivity index is 1.32. The maximum atomic E-state index is 12.3. The van der Waals surface area contributed by atoms with E-state index in [1.54, 1.807) is 0 Å². The van der Waals surface area contributed by atoms with Gasteiger partial charge < -0.3 is 15.5 Å². The molecule has 4 atom stereocenters. The van der Waals surface area contributed by atoms with Crippen LogP contribution in [0.5, 0.6) is 0 Å². The molecule has 0 aromatic carbocycles. The van der Waals surface area contributed by atoms with E-state index in [-0.39, 0.29) is 11.9 Å². The number of carbonyl (C=O) groups excluding carboxylic acids is 1. The average molecular weight is 307 g/mol. The van der Waals surface area contributed by atoms with E-state index in [0.717, 1.165) is 37.9 Å². The van der Waals surface area contributed by atoms with Gasteiger partial charge in [0.1, 0.15) is 0 Å². The highest BCUT2D eigenvalue weighted by molar-refractivity contribution is 5.82. The molecule has 4 unspecified atom stereocenters. The van der Waals surface area contributed by atoms with Gasteiger partial charge in [-0.2, -0.15) is 0 Å². The lowest BCUT2D eigenvalue weighted by molar-refractivity contribution is -0.122. The molecule has 1 aliphatic carbocycles. The molecule has 4 heteroatoms. The molecule has 3 fully saturated rings. The predicted octanol–water partition coefficient (Wildman–Crippen LogP) is 2.29. The van der Waals surface area contributed by atoms with E-state index >= 15 is 0 Å². The first-order valence-corrected chi connectivity index (χ1v) is 9.52. The van der Waals surface area contributed by atoms with E-state index < -0.39 is 0 Å². The number of rotatable bonds is 5. The number of amides is 1. The van der Waals surface area contributed by atoms with Crippen molar-refractivity contribution < 1.29 is 4.79 Å². The molecule has 0 bridgehead atoms. The highest BCUT2D eigenvalue weighted by atomic mass is 16.2. The van der Waals surface area contributed by atoms with Crippen molar-refractivity contribution in [3.05, 3.63) is 0 Å². The van der Waals surface area contributed by atoms with E-state index in [2.05, 4.69) is 22.5 Å². The fourth-order valence-electron chi connectivity index (χ4n) is 4.63. The smallest absolute Gasteiger partial charge is 0.237 e. The van der Waals surface area contributed by atoms with Crippen LogP contribution in [0.25, 0.3) is 0 Å². The summed E-state index contributed by atoms with van der Waals surface area (Å²) in [5.41, 5.74) is 0. The number of hydrogen-bond donors (Lipinski definition) is 2. The van der Waals surface area contributed by atoms with Gasteiger partial charge in [0, 0.05) is 25.2 Å². The Morgan fingerprint density at radius 2 is 2.00 bits per heavy atom. The highest BCUT2D eigenvalue weighted by Gasteiger charge is 2.37. The zero-order chi connectivity index (χ0) is 15.4. The Morgan fingerprint density at radius 3 is 2.82 bits per heavy atom. The monoisotopic (exact) mass is 307 g/mol. The molecular formula is C18H33N3O. The molecule has 4 nitrogen and oxygen atoms in total. The van der Waals surface area contributed by atoms with Gasteiger partial charge in [0.15, 0.2) is 0 Å². The van der Waals surface area contributed by atoms with Crippen molar-refractivity contribution in [2.75, 3.05) is 19.6 Å². The van der Waals surface area contributed by atoms with Gasteiger partial charge in [-0.15, -0.1) is 0 Å². The number of fused-ring (bicyclic) bond motifs is 1. The quantitative estimate of drug-likeness (QED) is 0.766. The molecule has 3 aliphatic rings. The fourth-order valence-corrected chi connectivity index (χ4v) is 4.63. The van der Waals surface area contributed by atoms with Crippen molar-refractivity contribution in [2.45, 2.75) is 82.8 Å². The lowest BCUT2D eigenvalue weighted by Gasteiger charge is -2.33. The summed E-state index contributed by atoms with van der Waals surface area (Å²) in [7, 11) is 0. The number of nitrogens with one attached hydrogen (secondary N) is 2. The summed E-state index contributed by atoms with van der Waals surface area (Å²) in [5, 5.41) is 6.73. The van der Waals surface area contributed by atoms with Gasteiger partial charge in [0.05, 0.1) is 6.04 Å². The van der Waals surface area contributed by atoms with Crippen LogP contribution in [0.1, 0.15) is 64.7 Å². The Hall–Kier alpha value is -0.610. The first-order chi connectivity index (χ1) is 10.7. The second-order valence-electron chi connectivity index (χ2n) is 7.63. The minimum absolute atomic E-state index is 0.0713. The van der Waals surface area contributed by atoms with Crippen molar-refractivity contribution in [3.8, 4) is 0 Å². The van der Waals surface area contributed by atoms with E-state index in [1.165, 1.54) is 51.5 Å². The Kier molecular flexibility index (Phi) is 5.75. The van der Waals surface area contributed by atoms with Gasteiger partial charge >= 0.3 is 0 Å². The number of nitrogens with zero attached hydrogens (tertiary/aromatic N) is 1. The minimum Gasteiger partial charge on any atom is -0.355 e. The second-order valence-corrected chi connectivity index (χ2v) is 7.63. The summed E-state index contributed by atoms with van der Waals surface area (Å²) in [4.78, 5) is 14.9. The predicted molar refractivity (Wildman–Crippen MR) is 89.8 cm³/mol. The molecule has 2 saturated heterocycles. The Bertz CT molecular complexity index is 359. The van der Waals surface area contributed by atoms with Crippen LogP contribution in [0.15, 0.2) is 0 Å². The van der Waals surface area contributed by atoms with Crippen molar-refractivity contribution in [1.82, 2.24) is 15.5 Å². The molecule has 2 aliphatic heterocycles. The van der Waals surface area contributed by atoms with Crippen molar-refractivity contribution in [2.24, 2.45) is 5.92 Å². The van der Waals surface area contributed by atoms with Gasteiger partial charge in [0.2, 0.25) is 5.91 Å². The maximum absolute atomic E-state index is 12.3. The number of hydrogen-bond acceptors (Lipinski definition) is 3. The molecule has 0 aromatic heterocycles. The van der Waals surface area contributed by atoms with Gasteiger partial charge in [-0.05, 0) is 57.9 Å². The zero-order valence-electron chi connectivity index (χ0n) is 14.2. The zero-order valence-corrected chi connectivity index (χ0v) is 14.2. The lowest BCUT2D eigenvalue weighted by atomic mass is 9.85. The van der Waals surface area contributed by atoms with Crippen LogP contribution in [-0.4, -0.2) is 48.6 Å². The molecule has 2 N–H and O–H groups in total. The number of carbonyl (C=O) groups is 1. The maximum Gasteiger partial charge on any atom is 0.237 e. The topological polar surface area (TPSA) is 44.4 Å². The van der Waals surface area contributed by atoms with Crippen LogP contribution in [0, 0.1) is 5.92 Å². The highest BCUT2D eigenvalue weighted by Crippen LogP contribution is 2.33. The van der Waals surface area contributed by atoms with Crippen LogP contribution in [0.4, 0.5) is 0 Å². The van der Waals surface area contributed by atoms with Crippen LogP contribution in [0.2, 0.25) is 0 Å². The molecule has 22 heavy (non-hydrogen) atoms. The molecule has 1 amide bonds. The molecule has 0 radical (unpaired) electrons. The van der Waals surface area contributed by atoms with Crippen LogP contribution < -0.4 is 10.6 Å². The Morgan fingerprint density at radius 1 is 1.18 bits per heavy atom. The van der Waals surface area contributed by atoms with E-state index in [4.69, 9.17) is 0 Å². The first kappa shape index (κ1) is 16.3. The summed E-state index contributed by atoms with van der Waals surface area (Å²) in [6, 6.07) is 1.41. The van der Waals surface area contributed by atoms with Crippen LogP contribution >= 0.6 is 0 Å². The number of likely N-dealkylation sites (tertiary alicyclic amines) is 1. The summed E-state index contributed by atoms with van der Waals surface area (Å²) >= 11 is 0. The van der Waals surface area contributed by atoms with Crippen molar-refractivity contribution in [3.63, 3.8) is 0 Å². The van der Waals surface area contributed by atoms with E-state index in [1.807, 2.05) is 0 Å². The van der Waals surface area contributed by atoms with Gasteiger partial charge in [0.25, 0.3) is 0 Å². The number of piperidine rings is 1. The largest absolute Gasteiger partial charge is 0.355 e. The van der Waals surface area contributed by atoms with Crippen molar-refractivity contribution in [1.29, 1.82) is 0 Å². The molecule has 126 valence electrons. The molecule has 1 saturated carbocycles. The summed E-state index contributed by atoms with van der Waals surface area (Å²) in [6.45, 7) is 5.53. The third-order valence-electron chi connectivity index (χ3n) is 6.04. The standard InChI is InChI=1S/C18H33N3O/c1-14-7-4-5-11-21(14)12-6-10-19-18(22)17-13-15-8-2-3-9-16(15)20-17/h14-17,20H,2-13H2,1H3,(H,19,22). The lowest BCUT2D eigenvalue weighted by Crippen LogP contribution is -2.44. The third kappa shape index (κ3) is 4.02. The average Bonchev–Trinajstić information content (AvgIpc) is 2.97. The molecule has 2 heterocycles. The fraction of sp³-hybridized carbons (Fsp3) is 0.944. The van der Waals surface area contributed by atoms with E-state index in [0.29, 0.717) is 6.04 Å². The summed E-state index contributed by atoms with van der Waals surface area (Å²) in [6.07, 6.45) is 11.4. The normalized spacial score (nSPS) is 36.0. The third-order valence-corrected chi connectivity index (χ3v) is 6.04. The van der Waals surface area contributed by atoms with Gasteiger partial charge in [-0.25, -0.2) is 0 Å². The SMILES string of the molecule is CC1CCCCN1CCCNC(=O)C1CC2CCCCC2N1. The molecule has 0 spiro atoms. The molecule has 0 aromatic rings. The van der Waals surface area contributed by atoms with Crippen LogP contribution in [0.3, 0.4) is 0 Å². The van der Waals surface area contributed by atoms with E-state index in [9.17, 15) is 4.79 Å². The van der Waals surface area contributed by atoms with Crippen molar-refractivity contribution >= 4 is 5.91 Å². The van der Waals surface area contributed by atoms with Gasteiger partial charge in [-0.1, -0.05) is 19.3 Å². The first-order valence-electron chi connectivity index (χ1n) is 9.52. The summed E-state index contributed by atoms with van der Waals surface area (Å²) in [5.74, 6) is 0.986. The summed E-state index contributed by atoms with van der Waals surface area (Å²) < 4.78 is 0. The Labute approximate surface area is 135 Å². The van der Waals surface area contributed by atoms with Crippen LogP contribution in [-0.2, 0) is 4.79 Å². The molecule has 3 rings (SSSR count).